The molecule has 0 atom stereocenters. The van der Waals surface area contributed by atoms with E-state index in [-0.39, 0.29) is 5.97 Å². The Morgan fingerprint density at radius 1 is 1.71 bits per heavy atom. The number of hydrogen-bond acceptors (Lipinski definition) is 5. The molecule has 0 unspecified atom stereocenters. The van der Waals surface area contributed by atoms with E-state index in [2.05, 4.69) is 10.3 Å². The fourth-order valence-corrected chi connectivity index (χ4v) is 2.38. The van der Waals surface area contributed by atoms with E-state index < -0.39 is 0 Å². The molecular formula is C9H12N2O2S. The number of rotatable bonds is 2. The van der Waals surface area contributed by atoms with Crippen molar-refractivity contribution in [2.45, 2.75) is 19.9 Å². The maximum atomic E-state index is 11.4. The Balaban J connectivity index is 2.19. The molecule has 0 bridgehead atoms. The minimum Gasteiger partial charge on any atom is -0.461 e. The topological polar surface area (TPSA) is 51.2 Å². The summed E-state index contributed by atoms with van der Waals surface area (Å²) in [7, 11) is 0. The minimum atomic E-state index is -0.299. The zero-order valence-corrected chi connectivity index (χ0v) is 8.82. The maximum Gasteiger partial charge on any atom is 0.367 e. The first kappa shape index (κ1) is 9.61. The Labute approximate surface area is 86.3 Å². The molecule has 1 aliphatic heterocycles. The Kier molecular flexibility index (Phi) is 2.79. The van der Waals surface area contributed by atoms with Gasteiger partial charge in [-0.05, 0) is 6.92 Å². The van der Waals surface area contributed by atoms with Crippen LogP contribution < -0.4 is 5.32 Å². The van der Waals surface area contributed by atoms with Crippen molar-refractivity contribution in [1.29, 1.82) is 0 Å². The Bertz CT molecular complexity index is 325. The molecule has 1 aliphatic rings. The molecule has 1 aromatic heterocycles. The third-order valence-corrected chi connectivity index (χ3v) is 3.13. The molecule has 0 radical (unpaired) electrons. The van der Waals surface area contributed by atoms with Gasteiger partial charge in [0, 0.05) is 24.4 Å². The van der Waals surface area contributed by atoms with Crippen LogP contribution in [-0.4, -0.2) is 24.1 Å². The van der Waals surface area contributed by atoms with Crippen LogP contribution in [0.5, 0.6) is 0 Å². The molecule has 0 fully saturated rings. The predicted octanol–water partition coefficient (Wildman–Crippen LogP) is 0.966. The quantitative estimate of drug-likeness (QED) is 0.742. The molecule has 0 aliphatic carbocycles. The van der Waals surface area contributed by atoms with Gasteiger partial charge in [-0.3, -0.25) is 0 Å². The second-order valence-electron chi connectivity index (χ2n) is 3.04. The number of aromatic nitrogens is 1. The number of esters is 1. The molecule has 76 valence electrons. The molecular weight excluding hydrogens is 200 g/mol. The molecule has 0 spiro atoms. The lowest BCUT2D eigenvalue weighted by Crippen LogP contribution is -2.22. The van der Waals surface area contributed by atoms with Crippen molar-refractivity contribution in [3.05, 3.63) is 15.6 Å². The summed E-state index contributed by atoms with van der Waals surface area (Å²) in [6, 6.07) is 0. The van der Waals surface area contributed by atoms with E-state index in [4.69, 9.17) is 4.74 Å². The first-order valence-electron chi connectivity index (χ1n) is 4.67. The molecule has 5 heteroatoms. The lowest BCUT2D eigenvalue weighted by molar-refractivity contribution is 0.0525. The van der Waals surface area contributed by atoms with Crippen molar-refractivity contribution in [1.82, 2.24) is 10.3 Å². The van der Waals surface area contributed by atoms with E-state index in [9.17, 15) is 4.79 Å². The molecule has 0 aromatic carbocycles. The van der Waals surface area contributed by atoms with Crippen LogP contribution >= 0.6 is 11.3 Å². The van der Waals surface area contributed by atoms with Gasteiger partial charge < -0.3 is 10.1 Å². The molecule has 0 saturated heterocycles. The first-order chi connectivity index (χ1) is 6.81. The third kappa shape index (κ3) is 1.78. The van der Waals surface area contributed by atoms with Crippen molar-refractivity contribution in [3.8, 4) is 0 Å². The highest BCUT2D eigenvalue weighted by Crippen LogP contribution is 2.21. The number of thiazole rings is 1. The fraction of sp³-hybridized carbons (Fsp3) is 0.556. The molecule has 4 nitrogen and oxygen atoms in total. The molecule has 1 N–H and O–H groups in total. The lowest BCUT2D eigenvalue weighted by Gasteiger charge is -2.09. The van der Waals surface area contributed by atoms with E-state index >= 15 is 0 Å². The largest absolute Gasteiger partial charge is 0.461 e. The molecule has 2 heterocycles. The van der Waals surface area contributed by atoms with Gasteiger partial charge in [0.1, 0.15) is 0 Å². The summed E-state index contributed by atoms with van der Waals surface area (Å²) in [5.41, 5.74) is 1.05. The van der Waals surface area contributed by atoms with Crippen molar-refractivity contribution in [2.24, 2.45) is 0 Å². The van der Waals surface area contributed by atoms with Crippen LogP contribution in [0, 0.1) is 0 Å². The van der Waals surface area contributed by atoms with E-state index in [0.29, 0.717) is 11.6 Å². The number of fused-ring (bicyclic) bond motifs is 1. The first-order valence-corrected chi connectivity index (χ1v) is 5.49. The SMILES string of the molecule is CCOC(=O)c1nc2c(s1)CNCC2. The van der Waals surface area contributed by atoms with Gasteiger partial charge in [0.15, 0.2) is 0 Å². The van der Waals surface area contributed by atoms with Crippen LogP contribution in [0.4, 0.5) is 0 Å². The summed E-state index contributed by atoms with van der Waals surface area (Å²) in [5, 5.41) is 3.73. The van der Waals surface area contributed by atoms with Crippen LogP contribution in [0.25, 0.3) is 0 Å². The van der Waals surface area contributed by atoms with Crippen LogP contribution in [0.3, 0.4) is 0 Å². The number of carbonyl (C=O) groups excluding carboxylic acids is 1. The summed E-state index contributed by atoms with van der Waals surface area (Å²) in [5.74, 6) is -0.299. The van der Waals surface area contributed by atoms with E-state index in [0.717, 1.165) is 25.2 Å². The average Bonchev–Trinajstić information content (AvgIpc) is 2.61. The zero-order valence-electron chi connectivity index (χ0n) is 8.00. The van der Waals surface area contributed by atoms with Gasteiger partial charge in [-0.25, -0.2) is 9.78 Å². The molecule has 14 heavy (non-hydrogen) atoms. The normalized spacial score (nSPS) is 14.9. The van der Waals surface area contributed by atoms with Gasteiger partial charge in [0.05, 0.1) is 12.3 Å². The van der Waals surface area contributed by atoms with Crippen LogP contribution in [0.1, 0.15) is 27.3 Å². The number of hydrogen-bond donors (Lipinski definition) is 1. The number of carbonyl (C=O) groups is 1. The zero-order chi connectivity index (χ0) is 9.97. The van der Waals surface area contributed by atoms with Crippen LogP contribution in [0.2, 0.25) is 0 Å². The molecule has 2 rings (SSSR count). The monoisotopic (exact) mass is 212 g/mol. The highest BCUT2D eigenvalue weighted by atomic mass is 32.1. The smallest absolute Gasteiger partial charge is 0.367 e. The lowest BCUT2D eigenvalue weighted by atomic mass is 10.2. The van der Waals surface area contributed by atoms with Crippen LogP contribution in [-0.2, 0) is 17.7 Å². The summed E-state index contributed by atoms with van der Waals surface area (Å²) < 4.78 is 4.89. The van der Waals surface area contributed by atoms with Crippen molar-refractivity contribution >= 4 is 17.3 Å². The average molecular weight is 212 g/mol. The number of ether oxygens (including phenoxy) is 1. The van der Waals surface area contributed by atoms with Gasteiger partial charge >= 0.3 is 5.97 Å². The summed E-state index contributed by atoms with van der Waals surface area (Å²) >= 11 is 1.44. The Morgan fingerprint density at radius 3 is 3.29 bits per heavy atom. The van der Waals surface area contributed by atoms with Crippen molar-refractivity contribution < 1.29 is 9.53 Å². The summed E-state index contributed by atoms with van der Waals surface area (Å²) in [6.45, 7) is 3.97. The number of nitrogens with zero attached hydrogens (tertiary/aromatic N) is 1. The second kappa shape index (κ2) is 4.06. The van der Waals surface area contributed by atoms with E-state index in [1.54, 1.807) is 6.92 Å². The van der Waals surface area contributed by atoms with E-state index in [1.165, 1.54) is 16.2 Å². The van der Waals surface area contributed by atoms with E-state index in [1.807, 2.05) is 0 Å². The van der Waals surface area contributed by atoms with Gasteiger partial charge in [0.25, 0.3) is 0 Å². The number of nitrogens with one attached hydrogen (secondary N) is 1. The third-order valence-electron chi connectivity index (χ3n) is 2.05. The summed E-state index contributed by atoms with van der Waals surface area (Å²) in [4.78, 5) is 16.8. The minimum absolute atomic E-state index is 0.299. The van der Waals surface area contributed by atoms with Gasteiger partial charge in [-0.1, -0.05) is 0 Å². The highest BCUT2D eigenvalue weighted by Gasteiger charge is 2.19. The van der Waals surface area contributed by atoms with Gasteiger partial charge in [0.2, 0.25) is 5.01 Å². The standard InChI is InChI=1S/C9H12N2O2S/c1-2-13-9(12)8-11-6-3-4-10-5-7(6)14-8/h10H,2-5H2,1H3. The molecule has 0 amide bonds. The molecule has 1 aromatic rings. The molecule has 0 saturated carbocycles. The Morgan fingerprint density at radius 2 is 2.57 bits per heavy atom. The fourth-order valence-electron chi connectivity index (χ4n) is 1.41. The maximum absolute atomic E-state index is 11.4. The van der Waals surface area contributed by atoms with Crippen molar-refractivity contribution in [3.63, 3.8) is 0 Å². The van der Waals surface area contributed by atoms with Gasteiger partial charge in [-0.15, -0.1) is 11.3 Å². The van der Waals surface area contributed by atoms with Crippen LogP contribution in [0.15, 0.2) is 0 Å². The van der Waals surface area contributed by atoms with Gasteiger partial charge in [-0.2, -0.15) is 0 Å². The highest BCUT2D eigenvalue weighted by molar-refractivity contribution is 7.13. The Hall–Kier alpha value is -0.940. The van der Waals surface area contributed by atoms with Crippen molar-refractivity contribution in [2.75, 3.05) is 13.2 Å². The summed E-state index contributed by atoms with van der Waals surface area (Å²) in [6.07, 6.45) is 0.908. The predicted molar refractivity (Wildman–Crippen MR) is 53.5 cm³/mol. The second-order valence-corrected chi connectivity index (χ2v) is 4.12.